The molecule has 28 heavy (non-hydrogen) atoms. The summed E-state index contributed by atoms with van der Waals surface area (Å²) in [4.78, 5) is 21.1. The van der Waals surface area contributed by atoms with E-state index in [9.17, 15) is 13.6 Å². The molecule has 4 nitrogen and oxygen atoms in total. The van der Waals surface area contributed by atoms with E-state index in [0.29, 0.717) is 12.2 Å². The zero-order valence-electron chi connectivity index (χ0n) is 14.7. The Morgan fingerprint density at radius 1 is 1.00 bits per heavy atom. The predicted octanol–water partition coefficient (Wildman–Crippen LogP) is 4.63. The molecule has 1 aliphatic rings. The number of allylic oxidation sites excluding steroid dienone is 1. The number of fused-ring (bicyclic) bond motifs is 1. The summed E-state index contributed by atoms with van der Waals surface area (Å²) >= 11 is 0. The van der Waals surface area contributed by atoms with Gasteiger partial charge in [-0.05, 0) is 54.1 Å². The number of nitrogens with one attached hydrogen (secondary N) is 1. The van der Waals surface area contributed by atoms with Crippen molar-refractivity contribution in [2.75, 3.05) is 5.32 Å². The molecule has 1 amide bonds. The quantitative estimate of drug-likeness (QED) is 0.723. The van der Waals surface area contributed by atoms with Crippen molar-refractivity contribution in [2.24, 2.45) is 4.99 Å². The molecular weight excluding hydrogens is 360 g/mol. The van der Waals surface area contributed by atoms with E-state index in [2.05, 4.69) is 15.3 Å². The van der Waals surface area contributed by atoms with Gasteiger partial charge in [-0.25, -0.2) is 8.78 Å². The van der Waals surface area contributed by atoms with Crippen LogP contribution in [0.25, 0.3) is 6.08 Å². The molecule has 0 spiro atoms. The molecule has 0 bridgehead atoms. The number of rotatable bonds is 4. The zero-order valence-corrected chi connectivity index (χ0v) is 14.7. The van der Waals surface area contributed by atoms with Crippen molar-refractivity contribution in [1.29, 1.82) is 0 Å². The smallest absolute Gasteiger partial charge is 0.255 e. The summed E-state index contributed by atoms with van der Waals surface area (Å²) in [6.45, 7) is 0.556. The van der Waals surface area contributed by atoms with Crippen LogP contribution in [0.5, 0.6) is 0 Å². The van der Waals surface area contributed by atoms with Gasteiger partial charge < -0.3 is 5.32 Å². The molecule has 0 fully saturated rings. The van der Waals surface area contributed by atoms with Gasteiger partial charge in [-0.2, -0.15) is 0 Å². The number of anilines is 1. The third-order valence-corrected chi connectivity index (χ3v) is 4.29. The van der Waals surface area contributed by atoms with Gasteiger partial charge in [0, 0.05) is 29.1 Å². The van der Waals surface area contributed by atoms with Crippen molar-refractivity contribution in [2.45, 2.75) is 6.54 Å². The first-order valence-corrected chi connectivity index (χ1v) is 8.63. The largest absolute Gasteiger partial charge is 0.322 e. The minimum atomic E-state index is -0.798. The third kappa shape index (κ3) is 3.86. The summed E-state index contributed by atoms with van der Waals surface area (Å²) in [5.41, 5.74) is 3.98. The minimum Gasteiger partial charge on any atom is -0.322 e. The van der Waals surface area contributed by atoms with Crippen LogP contribution in [0.4, 0.5) is 14.5 Å². The molecule has 6 heteroatoms. The van der Waals surface area contributed by atoms with Gasteiger partial charge in [0.25, 0.3) is 5.91 Å². The van der Waals surface area contributed by atoms with Crippen molar-refractivity contribution < 1.29 is 13.6 Å². The maximum absolute atomic E-state index is 13.3. The average molecular weight is 375 g/mol. The topological polar surface area (TPSA) is 54.4 Å². The molecule has 1 N–H and O–H groups in total. The highest BCUT2D eigenvalue weighted by Crippen LogP contribution is 2.24. The Morgan fingerprint density at radius 3 is 2.57 bits per heavy atom. The first-order valence-electron chi connectivity index (χ1n) is 8.63. The summed E-state index contributed by atoms with van der Waals surface area (Å²) in [7, 11) is 0. The lowest BCUT2D eigenvalue weighted by atomic mass is 10.0. The Labute approximate surface area is 160 Å². The lowest BCUT2D eigenvalue weighted by Gasteiger charge is -2.08. The lowest BCUT2D eigenvalue weighted by Crippen LogP contribution is -2.13. The summed E-state index contributed by atoms with van der Waals surface area (Å²) < 4.78 is 26.7. The highest BCUT2D eigenvalue weighted by Gasteiger charge is 2.16. The zero-order chi connectivity index (χ0) is 19.5. The fourth-order valence-electron chi connectivity index (χ4n) is 2.96. The second-order valence-corrected chi connectivity index (χ2v) is 6.27. The number of carbonyl (C=O) groups is 1. The Morgan fingerprint density at radius 2 is 1.82 bits per heavy atom. The van der Waals surface area contributed by atoms with Crippen LogP contribution in [-0.2, 0) is 6.54 Å². The molecule has 1 aromatic heterocycles. The number of pyridine rings is 1. The fourth-order valence-corrected chi connectivity index (χ4v) is 2.96. The number of hydrogen-bond donors (Lipinski definition) is 1. The number of hydrogen-bond acceptors (Lipinski definition) is 3. The number of amides is 1. The van der Waals surface area contributed by atoms with Crippen LogP contribution in [0, 0.1) is 11.6 Å². The Hall–Kier alpha value is -3.67. The van der Waals surface area contributed by atoms with Gasteiger partial charge in [-0.3, -0.25) is 14.8 Å². The molecule has 0 radical (unpaired) electrons. The molecule has 0 aliphatic carbocycles. The number of aromatic nitrogens is 1. The molecule has 138 valence electrons. The van der Waals surface area contributed by atoms with Crippen molar-refractivity contribution in [3.8, 4) is 0 Å². The van der Waals surface area contributed by atoms with E-state index < -0.39 is 17.5 Å². The second kappa shape index (κ2) is 7.52. The van der Waals surface area contributed by atoms with E-state index in [0.717, 1.165) is 40.7 Å². The number of benzene rings is 2. The highest BCUT2D eigenvalue weighted by molar-refractivity contribution is 6.14. The van der Waals surface area contributed by atoms with Crippen LogP contribution < -0.4 is 5.32 Å². The number of nitrogens with zero attached hydrogens (tertiary/aromatic N) is 2. The van der Waals surface area contributed by atoms with Gasteiger partial charge in [0.1, 0.15) is 11.6 Å². The standard InChI is InChI=1S/C22H15F2N3O/c23-16-9-15(10-17(24)11-16)22(28)27-19-5-4-14-13-26-21(20(14)12-19)7-6-18-3-1-2-8-25-18/h1-12H,13H2,(H,27,28)/b7-6+. The Kier molecular flexibility index (Phi) is 4.76. The lowest BCUT2D eigenvalue weighted by molar-refractivity contribution is 0.102. The van der Waals surface area contributed by atoms with Crippen LogP contribution in [0.1, 0.15) is 27.2 Å². The summed E-state index contributed by atoms with van der Waals surface area (Å²) in [6, 6.07) is 13.8. The fraction of sp³-hybridized carbons (Fsp3) is 0.0455. The molecule has 0 atom stereocenters. The average Bonchev–Trinajstić information content (AvgIpc) is 3.09. The number of aliphatic imine (C=N–C) groups is 1. The highest BCUT2D eigenvalue weighted by atomic mass is 19.1. The van der Waals surface area contributed by atoms with E-state index in [1.807, 2.05) is 36.4 Å². The van der Waals surface area contributed by atoms with E-state index in [4.69, 9.17) is 0 Å². The molecule has 0 unspecified atom stereocenters. The van der Waals surface area contributed by atoms with Gasteiger partial charge in [0.05, 0.1) is 18.0 Å². The molecule has 0 saturated heterocycles. The normalized spacial score (nSPS) is 12.7. The maximum atomic E-state index is 13.3. The van der Waals surface area contributed by atoms with Crippen molar-refractivity contribution in [1.82, 2.24) is 4.98 Å². The van der Waals surface area contributed by atoms with Gasteiger partial charge in [0.15, 0.2) is 0 Å². The SMILES string of the molecule is O=C(Nc1ccc2c(c1)C(/C=C/c1ccccn1)=NC2)c1cc(F)cc(F)c1. The second-order valence-electron chi connectivity index (χ2n) is 6.27. The number of carbonyl (C=O) groups excluding carboxylic acids is 1. The molecule has 0 saturated carbocycles. The molecule has 3 aromatic rings. The van der Waals surface area contributed by atoms with Gasteiger partial charge >= 0.3 is 0 Å². The first kappa shape index (κ1) is 17.7. The molecule has 1 aliphatic heterocycles. The van der Waals surface area contributed by atoms with Crippen LogP contribution in [0.15, 0.2) is 71.9 Å². The summed E-state index contributed by atoms with van der Waals surface area (Å²) in [6.07, 6.45) is 5.46. The van der Waals surface area contributed by atoms with Crippen molar-refractivity contribution in [3.63, 3.8) is 0 Å². The Balaban J connectivity index is 1.55. The van der Waals surface area contributed by atoms with Crippen LogP contribution in [-0.4, -0.2) is 16.6 Å². The minimum absolute atomic E-state index is 0.0815. The summed E-state index contributed by atoms with van der Waals surface area (Å²) in [5.74, 6) is -2.18. The van der Waals surface area contributed by atoms with E-state index >= 15 is 0 Å². The van der Waals surface area contributed by atoms with Gasteiger partial charge in [-0.1, -0.05) is 12.1 Å². The molecule has 2 aromatic carbocycles. The van der Waals surface area contributed by atoms with Crippen molar-refractivity contribution >= 4 is 23.4 Å². The summed E-state index contributed by atoms with van der Waals surface area (Å²) in [5, 5.41) is 2.67. The maximum Gasteiger partial charge on any atom is 0.255 e. The number of halogens is 2. The molecular formula is C22H15F2N3O. The van der Waals surface area contributed by atoms with E-state index in [1.165, 1.54) is 0 Å². The van der Waals surface area contributed by atoms with Gasteiger partial charge in [0.2, 0.25) is 0 Å². The van der Waals surface area contributed by atoms with Crippen molar-refractivity contribution in [3.05, 3.63) is 101 Å². The van der Waals surface area contributed by atoms with E-state index in [1.54, 1.807) is 18.3 Å². The molecule has 2 heterocycles. The van der Waals surface area contributed by atoms with Crippen LogP contribution in [0.3, 0.4) is 0 Å². The predicted molar refractivity (Wildman–Crippen MR) is 104 cm³/mol. The van der Waals surface area contributed by atoms with Crippen LogP contribution >= 0.6 is 0 Å². The van der Waals surface area contributed by atoms with E-state index in [-0.39, 0.29) is 5.56 Å². The van der Waals surface area contributed by atoms with Gasteiger partial charge in [-0.15, -0.1) is 0 Å². The monoisotopic (exact) mass is 375 g/mol. The van der Waals surface area contributed by atoms with Crippen LogP contribution in [0.2, 0.25) is 0 Å². The third-order valence-electron chi connectivity index (χ3n) is 4.29. The first-order chi connectivity index (χ1) is 13.6. The molecule has 4 rings (SSSR count). The Bertz CT molecular complexity index is 1090.